The Balaban J connectivity index is 2.26. The van der Waals surface area contributed by atoms with Crippen LogP contribution in [0.5, 0.6) is 0 Å². The largest absolute Gasteiger partial charge is 0.383 e. The molecule has 0 radical (unpaired) electrons. The highest BCUT2D eigenvalue weighted by Gasteiger charge is 2.19. The van der Waals surface area contributed by atoms with Gasteiger partial charge in [-0.05, 0) is 30.3 Å². The summed E-state index contributed by atoms with van der Waals surface area (Å²) in [4.78, 5) is 0. The molecule has 5 heteroatoms. The number of hydrogen-bond acceptors (Lipinski definition) is 2. The molecule has 0 aliphatic carbocycles. The van der Waals surface area contributed by atoms with Gasteiger partial charge in [-0.1, -0.05) is 18.2 Å². The first-order chi connectivity index (χ1) is 10.1. The minimum absolute atomic E-state index is 0.338. The van der Waals surface area contributed by atoms with Gasteiger partial charge in [-0.15, -0.1) is 0 Å². The zero-order valence-corrected chi connectivity index (χ0v) is 11.3. The van der Waals surface area contributed by atoms with E-state index in [4.69, 9.17) is 5.73 Å². The van der Waals surface area contributed by atoms with Crippen LogP contribution in [0.25, 0.3) is 22.4 Å². The summed E-state index contributed by atoms with van der Waals surface area (Å²) >= 11 is 0. The molecule has 106 valence electrons. The molecule has 0 spiro atoms. The fourth-order valence-electron chi connectivity index (χ4n) is 2.28. The second-order valence-electron chi connectivity index (χ2n) is 4.72. The molecule has 0 aliphatic heterocycles. The van der Waals surface area contributed by atoms with Crippen LogP contribution in [0.3, 0.4) is 0 Å². The lowest BCUT2D eigenvalue weighted by Gasteiger charge is -2.05. The Kier molecular flexibility index (Phi) is 3.17. The minimum Gasteiger partial charge on any atom is -0.383 e. The van der Waals surface area contributed by atoms with Gasteiger partial charge in [0.2, 0.25) is 0 Å². The summed E-state index contributed by atoms with van der Waals surface area (Å²) in [5, 5.41) is 4.33. The second kappa shape index (κ2) is 5.01. The van der Waals surface area contributed by atoms with Gasteiger partial charge < -0.3 is 5.73 Å². The molecule has 0 amide bonds. The standard InChI is InChI=1S/C16H13F2N3/c1-21-16(19)14(12-4-2-3-5-13(12)18)15(20-21)10-6-8-11(17)9-7-10/h2-9H,19H2,1H3. The smallest absolute Gasteiger partial charge is 0.131 e. The summed E-state index contributed by atoms with van der Waals surface area (Å²) in [7, 11) is 1.69. The lowest BCUT2D eigenvalue weighted by Crippen LogP contribution is -1.98. The molecule has 0 unspecified atom stereocenters. The fourth-order valence-corrected chi connectivity index (χ4v) is 2.28. The van der Waals surface area contributed by atoms with Crippen molar-refractivity contribution in [2.45, 2.75) is 0 Å². The van der Waals surface area contributed by atoms with E-state index < -0.39 is 0 Å². The van der Waals surface area contributed by atoms with Crippen LogP contribution >= 0.6 is 0 Å². The van der Waals surface area contributed by atoms with Crippen LogP contribution in [0, 0.1) is 11.6 Å². The Morgan fingerprint density at radius 2 is 1.67 bits per heavy atom. The lowest BCUT2D eigenvalue weighted by atomic mass is 10.0. The fraction of sp³-hybridized carbons (Fsp3) is 0.0625. The van der Waals surface area contributed by atoms with E-state index in [2.05, 4.69) is 5.10 Å². The number of aromatic nitrogens is 2. The van der Waals surface area contributed by atoms with Crippen molar-refractivity contribution >= 4 is 5.82 Å². The number of aryl methyl sites for hydroxylation is 1. The van der Waals surface area contributed by atoms with Crippen molar-refractivity contribution in [1.82, 2.24) is 9.78 Å². The summed E-state index contributed by atoms with van der Waals surface area (Å²) in [6.07, 6.45) is 0. The van der Waals surface area contributed by atoms with E-state index in [-0.39, 0.29) is 11.6 Å². The highest BCUT2D eigenvalue weighted by atomic mass is 19.1. The summed E-state index contributed by atoms with van der Waals surface area (Å²) in [6, 6.07) is 12.2. The number of benzene rings is 2. The van der Waals surface area contributed by atoms with Crippen LogP contribution in [0.2, 0.25) is 0 Å². The van der Waals surface area contributed by atoms with Crippen LogP contribution in [0.1, 0.15) is 0 Å². The van der Waals surface area contributed by atoms with Gasteiger partial charge >= 0.3 is 0 Å². The Bertz CT molecular complexity index is 792. The third-order valence-electron chi connectivity index (χ3n) is 3.35. The Hall–Kier alpha value is -2.69. The van der Waals surface area contributed by atoms with Crippen molar-refractivity contribution in [3.8, 4) is 22.4 Å². The van der Waals surface area contributed by atoms with Crippen LogP contribution in [-0.4, -0.2) is 9.78 Å². The molecule has 2 N–H and O–H groups in total. The molecule has 1 heterocycles. The quantitative estimate of drug-likeness (QED) is 0.781. The average Bonchev–Trinajstić information content (AvgIpc) is 2.77. The number of nitrogens with zero attached hydrogens (tertiary/aromatic N) is 2. The Morgan fingerprint density at radius 3 is 2.33 bits per heavy atom. The Morgan fingerprint density at radius 1 is 1.00 bits per heavy atom. The van der Waals surface area contributed by atoms with E-state index in [1.54, 1.807) is 37.4 Å². The number of halogens is 2. The summed E-state index contributed by atoms with van der Waals surface area (Å²) in [5.74, 6) is -0.352. The maximum atomic E-state index is 14.1. The lowest BCUT2D eigenvalue weighted by molar-refractivity contribution is 0.628. The number of anilines is 1. The number of nitrogens with two attached hydrogens (primary N) is 1. The van der Waals surface area contributed by atoms with E-state index in [0.29, 0.717) is 28.2 Å². The number of rotatable bonds is 2. The molecule has 2 aromatic carbocycles. The van der Waals surface area contributed by atoms with E-state index in [0.717, 1.165) is 0 Å². The minimum atomic E-state index is -0.374. The van der Waals surface area contributed by atoms with Gasteiger partial charge in [-0.3, -0.25) is 4.68 Å². The van der Waals surface area contributed by atoms with Gasteiger partial charge in [0.05, 0.1) is 5.56 Å². The molecule has 0 saturated heterocycles. The molecule has 21 heavy (non-hydrogen) atoms. The summed E-state index contributed by atoms with van der Waals surface area (Å²) in [6.45, 7) is 0. The predicted molar refractivity (Wildman–Crippen MR) is 78.4 cm³/mol. The normalized spacial score (nSPS) is 10.8. The summed E-state index contributed by atoms with van der Waals surface area (Å²) in [5.41, 5.74) is 8.13. The molecular weight excluding hydrogens is 272 g/mol. The molecular formula is C16H13F2N3. The van der Waals surface area contributed by atoms with Crippen molar-refractivity contribution < 1.29 is 8.78 Å². The van der Waals surface area contributed by atoms with E-state index in [9.17, 15) is 8.78 Å². The first-order valence-corrected chi connectivity index (χ1v) is 6.41. The van der Waals surface area contributed by atoms with Crippen molar-refractivity contribution in [2.75, 3.05) is 5.73 Å². The van der Waals surface area contributed by atoms with Crippen LogP contribution in [0.4, 0.5) is 14.6 Å². The van der Waals surface area contributed by atoms with Gasteiger partial charge in [-0.2, -0.15) is 5.10 Å². The molecule has 1 aromatic heterocycles. The van der Waals surface area contributed by atoms with Gasteiger partial charge in [0, 0.05) is 18.2 Å². The van der Waals surface area contributed by atoms with Crippen LogP contribution < -0.4 is 5.73 Å². The molecule has 3 aromatic rings. The van der Waals surface area contributed by atoms with E-state index in [1.807, 2.05) is 0 Å². The molecule has 0 fully saturated rings. The zero-order chi connectivity index (χ0) is 15.0. The van der Waals surface area contributed by atoms with Gasteiger partial charge in [-0.25, -0.2) is 8.78 Å². The second-order valence-corrected chi connectivity index (χ2v) is 4.72. The number of hydrogen-bond donors (Lipinski definition) is 1. The van der Waals surface area contributed by atoms with Crippen LogP contribution in [-0.2, 0) is 7.05 Å². The summed E-state index contributed by atoms with van der Waals surface area (Å²) < 4.78 is 28.6. The molecule has 3 rings (SSSR count). The van der Waals surface area contributed by atoms with Gasteiger partial charge in [0.15, 0.2) is 0 Å². The first kappa shape index (κ1) is 13.3. The highest BCUT2D eigenvalue weighted by molar-refractivity contribution is 5.88. The third kappa shape index (κ3) is 2.27. The van der Waals surface area contributed by atoms with Crippen molar-refractivity contribution in [2.24, 2.45) is 7.05 Å². The van der Waals surface area contributed by atoms with Crippen molar-refractivity contribution in [1.29, 1.82) is 0 Å². The monoisotopic (exact) mass is 285 g/mol. The van der Waals surface area contributed by atoms with E-state index in [1.165, 1.54) is 22.9 Å². The highest BCUT2D eigenvalue weighted by Crippen LogP contribution is 2.36. The molecule has 0 atom stereocenters. The average molecular weight is 285 g/mol. The SMILES string of the molecule is Cn1nc(-c2ccc(F)cc2)c(-c2ccccc2F)c1N. The maximum absolute atomic E-state index is 14.1. The van der Waals surface area contributed by atoms with Crippen LogP contribution in [0.15, 0.2) is 48.5 Å². The van der Waals surface area contributed by atoms with Gasteiger partial charge in [0.25, 0.3) is 0 Å². The topological polar surface area (TPSA) is 43.8 Å². The van der Waals surface area contributed by atoms with E-state index >= 15 is 0 Å². The number of nitrogen functional groups attached to an aromatic ring is 1. The predicted octanol–water partition coefficient (Wildman–Crippen LogP) is 3.61. The molecule has 3 nitrogen and oxygen atoms in total. The van der Waals surface area contributed by atoms with Crippen molar-refractivity contribution in [3.05, 3.63) is 60.2 Å². The van der Waals surface area contributed by atoms with Crippen molar-refractivity contribution in [3.63, 3.8) is 0 Å². The molecule has 0 saturated carbocycles. The Labute approximate surface area is 120 Å². The maximum Gasteiger partial charge on any atom is 0.131 e. The zero-order valence-electron chi connectivity index (χ0n) is 11.3. The third-order valence-corrected chi connectivity index (χ3v) is 3.35. The molecule has 0 bridgehead atoms. The van der Waals surface area contributed by atoms with Gasteiger partial charge in [0.1, 0.15) is 23.1 Å². The molecule has 0 aliphatic rings. The first-order valence-electron chi connectivity index (χ1n) is 6.41.